The van der Waals surface area contributed by atoms with E-state index in [-0.39, 0.29) is 11.7 Å². The third-order valence-electron chi connectivity index (χ3n) is 3.42. The van der Waals surface area contributed by atoms with E-state index in [1.54, 1.807) is 6.92 Å². The average Bonchev–Trinajstić information content (AvgIpc) is 2.90. The third kappa shape index (κ3) is 1.68. The zero-order valence-corrected chi connectivity index (χ0v) is 10.3. The van der Waals surface area contributed by atoms with Crippen molar-refractivity contribution in [3.05, 3.63) is 71.8 Å². The topological polar surface area (TPSA) is 17.1 Å². The molecule has 0 unspecified atom stereocenters. The lowest BCUT2D eigenvalue weighted by Crippen LogP contribution is -2.03. The molecule has 0 aromatic heterocycles. The number of fused-ring (bicyclic) bond motifs is 1. The first-order valence-electron chi connectivity index (χ1n) is 6.15. The van der Waals surface area contributed by atoms with Gasteiger partial charge < -0.3 is 0 Å². The second kappa shape index (κ2) is 4.26. The minimum absolute atomic E-state index is 0.135. The molecule has 0 aliphatic heterocycles. The molecule has 1 heteroatoms. The normalized spacial score (nSPS) is 14.5. The molecular weight excluding hydrogens is 220 g/mol. The van der Waals surface area contributed by atoms with Crippen LogP contribution >= 0.6 is 0 Å². The number of carbonyl (C=O) groups is 1. The Balaban J connectivity index is 2.31. The molecule has 2 aromatic rings. The molecule has 0 bridgehead atoms. The van der Waals surface area contributed by atoms with Crippen molar-refractivity contribution in [2.75, 3.05) is 0 Å². The van der Waals surface area contributed by atoms with Gasteiger partial charge in [0.1, 0.15) is 0 Å². The number of hydrogen-bond donors (Lipinski definition) is 0. The van der Waals surface area contributed by atoms with Gasteiger partial charge in [-0.1, -0.05) is 60.7 Å². The van der Waals surface area contributed by atoms with Crippen LogP contribution in [0, 0.1) is 0 Å². The monoisotopic (exact) mass is 234 g/mol. The van der Waals surface area contributed by atoms with Gasteiger partial charge in [-0.3, -0.25) is 4.79 Å². The molecule has 1 nitrogen and oxygen atoms in total. The summed E-state index contributed by atoms with van der Waals surface area (Å²) < 4.78 is 0. The fourth-order valence-corrected chi connectivity index (χ4v) is 2.60. The molecule has 0 radical (unpaired) electrons. The minimum atomic E-state index is 0.135. The minimum Gasteiger partial charge on any atom is -0.294 e. The second-order valence-corrected chi connectivity index (χ2v) is 4.60. The van der Waals surface area contributed by atoms with Crippen molar-refractivity contribution in [3.8, 4) is 0 Å². The molecule has 0 saturated heterocycles. The van der Waals surface area contributed by atoms with Gasteiger partial charge in [0.25, 0.3) is 0 Å². The fraction of sp³-hybridized carbons (Fsp3) is 0.118. The molecule has 0 spiro atoms. The molecule has 0 amide bonds. The van der Waals surface area contributed by atoms with Crippen LogP contribution in [0.3, 0.4) is 0 Å². The average molecular weight is 234 g/mol. The summed E-state index contributed by atoms with van der Waals surface area (Å²) in [5.41, 5.74) is 1.96. The van der Waals surface area contributed by atoms with E-state index < -0.39 is 0 Å². The SMILES string of the molecule is CC(=O)c1c(C2C=CC=C2)ccc2ccccc12. The summed E-state index contributed by atoms with van der Waals surface area (Å²) in [5, 5.41) is 2.17. The lowest BCUT2D eigenvalue weighted by Gasteiger charge is -2.13. The standard InChI is InChI=1S/C17H14O/c1-12(18)17-15-9-5-4-8-14(15)10-11-16(17)13-6-2-3-7-13/h2-11,13H,1H3. The zero-order chi connectivity index (χ0) is 12.5. The van der Waals surface area contributed by atoms with Gasteiger partial charge in [-0.15, -0.1) is 0 Å². The molecule has 0 atom stereocenters. The number of benzene rings is 2. The smallest absolute Gasteiger partial charge is 0.160 e. The van der Waals surface area contributed by atoms with Crippen molar-refractivity contribution in [2.45, 2.75) is 12.8 Å². The number of rotatable bonds is 2. The number of carbonyl (C=O) groups excluding carboxylic acids is 1. The predicted octanol–water partition coefficient (Wildman–Crippen LogP) is 4.25. The van der Waals surface area contributed by atoms with Crippen LogP contribution in [0.15, 0.2) is 60.7 Å². The molecule has 3 rings (SSSR count). The summed E-state index contributed by atoms with van der Waals surface area (Å²) in [6.45, 7) is 1.65. The van der Waals surface area contributed by atoms with Crippen LogP contribution in [-0.4, -0.2) is 5.78 Å². The van der Waals surface area contributed by atoms with Gasteiger partial charge in [0.15, 0.2) is 5.78 Å². The van der Waals surface area contributed by atoms with Gasteiger partial charge in [0.2, 0.25) is 0 Å². The van der Waals surface area contributed by atoms with Crippen molar-refractivity contribution in [2.24, 2.45) is 0 Å². The van der Waals surface area contributed by atoms with Gasteiger partial charge >= 0.3 is 0 Å². The molecule has 0 fully saturated rings. The molecular formula is C17H14O. The molecule has 18 heavy (non-hydrogen) atoms. The third-order valence-corrected chi connectivity index (χ3v) is 3.42. The van der Waals surface area contributed by atoms with Gasteiger partial charge in [-0.25, -0.2) is 0 Å². The first kappa shape index (κ1) is 11.0. The maximum absolute atomic E-state index is 12.0. The van der Waals surface area contributed by atoms with E-state index in [9.17, 15) is 4.79 Å². The highest BCUT2D eigenvalue weighted by Gasteiger charge is 2.17. The van der Waals surface area contributed by atoms with Crippen molar-refractivity contribution in [1.29, 1.82) is 0 Å². The maximum atomic E-state index is 12.0. The van der Waals surface area contributed by atoms with Crippen molar-refractivity contribution in [3.63, 3.8) is 0 Å². The van der Waals surface area contributed by atoms with Crippen LogP contribution in [0.1, 0.15) is 28.8 Å². The fourth-order valence-electron chi connectivity index (χ4n) is 2.60. The molecule has 1 aliphatic carbocycles. The van der Waals surface area contributed by atoms with Gasteiger partial charge in [0, 0.05) is 11.5 Å². The Hall–Kier alpha value is -2.15. The molecule has 2 aromatic carbocycles. The van der Waals surface area contributed by atoms with Gasteiger partial charge in [-0.05, 0) is 23.3 Å². The van der Waals surface area contributed by atoms with E-state index in [1.165, 1.54) is 0 Å². The number of ketones is 1. The first-order chi connectivity index (χ1) is 8.77. The molecule has 0 saturated carbocycles. The lowest BCUT2D eigenvalue weighted by molar-refractivity contribution is 0.101. The van der Waals surface area contributed by atoms with E-state index in [1.807, 2.05) is 36.4 Å². The van der Waals surface area contributed by atoms with Crippen molar-refractivity contribution < 1.29 is 4.79 Å². The van der Waals surface area contributed by atoms with Crippen LogP contribution in [0.25, 0.3) is 10.8 Å². The van der Waals surface area contributed by atoms with Crippen molar-refractivity contribution in [1.82, 2.24) is 0 Å². The van der Waals surface area contributed by atoms with Crippen molar-refractivity contribution >= 4 is 16.6 Å². The first-order valence-corrected chi connectivity index (χ1v) is 6.15. The van der Waals surface area contributed by atoms with E-state index in [0.29, 0.717) is 0 Å². The van der Waals surface area contributed by atoms with E-state index in [4.69, 9.17) is 0 Å². The number of hydrogen-bond acceptors (Lipinski definition) is 1. The van der Waals surface area contributed by atoms with Crippen LogP contribution in [0.2, 0.25) is 0 Å². The Kier molecular flexibility index (Phi) is 2.60. The van der Waals surface area contributed by atoms with Crippen LogP contribution in [-0.2, 0) is 0 Å². The highest BCUT2D eigenvalue weighted by molar-refractivity contribution is 6.08. The summed E-state index contributed by atoms with van der Waals surface area (Å²) >= 11 is 0. The van der Waals surface area contributed by atoms with Crippen LogP contribution in [0.5, 0.6) is 0 Å². The molecule has 0 heterocycles. The summed E-state index contributed by atoms with van der Waals surface area (Å²) in [5.74, 6) is 0.365. The number of Topliss-reactive ketones (excluding diaryl/α,β-unsaturated/α-hetero) is 1. The Morgan fingerprint density at radius 2 is 1.72 bits per heavy atom. The van der Waals surface area contributed by atoms with Crippen LogP contribution in [0.4, 0.5) is 0 Å². The lowest BCUT2D eigenvalue weighted by atomic mass is 9.89. The summed E-state index contributed by atoms with van der Waals surface area (Å²) in [6.07, 6.45) is 8.31. The highest BCUT2D eigenvalue weighted by Crippen LogP contribution is 2.31. The highest BCUT2D eigenvalue weighted by atomic mass is 16.1. The second-order valence-electron chi connectivity index (χ2n) is 4.60. The predicted molar refractivity (Wildman–Crippen MR) is 75.0 cm³/mol. The van der Waals surface area contributed by atoms with Crippen LogP contribution < -0.4 is 0 Å². The molecule has 88 valence electrons. The molecule has 0 N–H and O–H groups in total. The Labute approximate surface area is 106 Å². The Morgan fingerprint density at radius 3 is 2.44 bits per heavy atom. The molecule has 1 aliphatic rings. The summed E-state index contributed by atoms with van der Waals surface area (Å²) in [4.78, 5) is 12.0. The van der Waals surface area contributed by atoms with E-state index in [2.05, 4.69) is 24.3 Å². The summed E-state index contributed by atoms with van der Waals surface area (Å²) in [6, 6.07) is 12.2. The summed E-state index contributed by atoms with van der Waals surface area (Å²) in [7, 11) is 0. The van der Waals surface area contributed by atoms with E-state index >= 15 is 0 Å². The Bertz CT molecular complexity index is 665. The maximum Gasteiger partial charge on any atom is 0.160 e. The van der Waals surface area contributed by atoms with E-state index in [0.717, 1.165) is 21.9 Å². The van der Waals surface area contributed by atoms with Gasteiger partial charge in [-0.2, -0.15) is 0 Å². The largest absolute Gasteiger partial charge is 0.294 e. The zero-order valence-electron chi connectivity index (χ0n) is 10.3. The quantitative estimate of drug-likeness (QED) is 0.710. The number of allylic oxidation sites excluding steroid dienone is 4. The van der Waals surface area contributed by atoms with Gasteiger partial charge in [0.05, 0.1) is 0 Å². The Morgan fingerprint density at radius 1 is 1.00 bits per heavy atom.